The van der Waals surface area contributed by atoms with Crippen LogP contribution in [0.15, 0.2) is 6.20 Å². The number of benzene rings is 1. The molecule has 3 amide bonds. The molecule has 3 fully saturated rings. The maximum atomic E-state index is 15.9. The molecule has 1 aliphatic carbocycles. The molecule has 3 saturated heterocycles. The smallest absolute Gasteiger partial charge is 0.416 e. The largest absolute Gasteiger partial charge is 0.465 e. The number of hydrogen-bond donors (Lipinski definition) is 3. The third kappa shape index (κ3) is 5.40. The van der Waals surface area contributed by atoms with Gasteiger partial charge in [-0.25, -0.2) is 28.2 Å². The summed E-state index contributed by atoms with van der Waals surface area (Å²) in [5, 5.41) is 16.5. The van der Waals surface area contributed by atoms with Gasteiger partial charge in [0, 0.05) is 39.0 Å². The normalized spacial score (nSPS) is 23.5. The summed E-state index contributed by atoms with van der Waals surface area (Å²) < 4.78 is 44.0. The molecule has 2 atom stereocenters. The Morgan fingerprint density at radius 3 is 2.74 bits per heavy atom. The van der Waals surface area contributed by atoms with E-state index in [1.165, 1.54) is 15.8 Å². The van der Waals surface area contributed by atoms with Crippen molar-refractivity contribution in [3.8, 4) is 5.88 Å². The molecule has 3 aromatic rings. The highest BCUT2D eigenvalue weighted by atomic mass is 19.1. The maximum absolute atomic E-state index is 15.9. The predicted molar refractivity (Wildman–Crippen MR) is 161 cm³/mol. The van der Waals surface area contributed by atoms with Gasteiger partial charge in [-0.3, -0.25) is 14.5 Å². The van der Waals surface area contributed by atoms with Gasteiger partial charge >= 0.3 is 6.09 Å². The molecular formula is C30H34F2N10O5. The molecule has 6 heterocycles. The van der Waals surface area contributed by atoms with Crippen LogP contribution in [0, 0.1) is 17.6 Å². The minimum Gasteiger partial charge on any atom is -0.465 e. The first-order valence-electron chi connectivity index (χ1n) is 16.0. The molecule has 3 N–H and O–H groups in total. The summed E-state index contributed by atoms with van der Waals surface area (Å²) in [6.45, 7) is 3.32. The van der Waals surface area contributed by atoms with Crippen molar-refractivity contribution in [2.75, 3.05) is 56.1 Å². The van der Waals surface area contributed by atoms with Crippen LogP contribution in [0.1, 0.15) is 36.8 Å². The fourth-order valence-electron chi connectivity index (χ4n) is 7.46. The van der Waals surface area contributed by atoms with Crippen LogP contribution in [-0.2, 0) is 33.7 Å². The number of hydrogen-bond acceptors (Lipinski definition) is 11. The van der Waals surface area contributed by atoms with E-state index in [0.29, 0.717) is 63.0 Å². The Labute approximate surface area is 267 Å². The Hall–Kier alpha value is -4.51. The van der Waals surface area contributed by atoms with Crippen LogP contribution >= 0.6 is 0 Å². The summed E-state index contributed by atoms with van der Waals surface area (Å²) in [7, 11) is 0. The first-order valence-corrected chi connectivity index (χ1v) is 16.0. The number of piperidine rings is 1. The SMILES string of the molecule is O=C1COc2ncc(N3CC4(CCN(CC5Cc6c(c(F)c7c(nnn7CCNC(=O)C7CCCN7)c6F)C5)CC4)OC3=O)nc2N1. The van der Waals surface area contributed by atoms with Crippen LogP contribution in [0.2, 0.25) is 0 Å². The summed E-state index contributed by atoms with van der Waals surface area (Å²) in [6.07, 6.45) is 4.59. The van der Waals surface area contributed by atoms with Gasteiger partial charge in [0.2, 0.25) is 5.91 Å². The first-order chi connectivity index (χ1) is 22.8. The average Bonchev–Trinajstić information content (AvgIpc) is 3.88. The number of halogens is 2. The number of carbonyl (C=O) groups excluding carboxylic acids is 3. The molecule has 8 rings (SSSR count). The van der Waals surface area contributed by atoms with E-state index in [2.05, 4.69) is 41.1 Å². The number of likely N-dealkylation sites (tertiary alicyclic amines) is 1. The lowest BCUT2D eigenvalue weighted by Gasteiger charge is -2.38. The number of nitrogens with zero attached hydrogens (tertiary/aromatic N) is 7. The van der Waals surface area contributed by atoms with Crippen molar-refractivity contribution in [2.45, 2.75) is 56.7 Å². The van der Waals surface area contributed by atoms with E-state index in [1.807, 2.05) is 0 Å². The zero-order valence-electron chi connectivity index (χ0n) is 25.6. The Kier molecular flexibility index (Phi) is 7.39. The molecule has 5 aliphatic rings. The molecule has 2 unspecified atom stereocenters. The van der Waals surface area contributed by atoms with E-state index >= 15 is 8.78 Å². The van der Waals surface area contributed by atoms with Gasteiger partial charge in [0.25, 0.3) is 11.8 Å². The van der Waals surface area contributed by atoms with Crippen LogP contribution < -0.4 is 25.6 Å². The summed E-state index contributed by atoms with van der Waals surface area (Å²) in [4.78, 5) is 49.1. The van der Waals surface area contributed by atoms with Gasteiger partial charge in [0.1, 0.15) is 11.1 Å². The van der Waals surface area contributed by atoms with Gasteiger partial charge in [-0.15, -0.1) is 5.10 Å². The van der Waals surface area contributed by atoms with Gasteiger partial charge in [0.15, 0.2) is 35.4 Å². The fraction of sp³-hybridized carbons (Fsp3) is 0.567. The molecule has 1 aromatic carbocycles. The van der Waals surface area contributed by atoms with Crippen molar-refractivity contribution in [2.24, 2.45) is 5.92 Å². The molecule has 0 saturated carbocycles. The lowest BCUT2D eigenvalue weighted by Crippen LogP contribution is -2.48. The maximum Gasteiger partial charge on any atom is 0.416 e. The van der Waals surface area contributed by atoms with Crippen molar-refractivity contribution >= 4 is 40.6 Å². The molecule has 0 radical (unpaired) electrons. The third-order valence-corrected chi connectivity index (χ3v) is 9.89. The van der Waals surface area contributed by atoms with Crippen molar-refractivity contribution in [1.29, 1.82) is 0 Å². The minimum absolute atomic E-state index is 0.0139. The van der Waals surface area contributed by atoms with Gasteiger partial charge in [-0.1, -0.05) is 5.21 Å². The first kappa shape index (κ1) is 29.9. The standard InChI is InChI=1S/C30H34F2N10O5/c31-22-17-10-16(11-18(17)23(32)25-24(22)38-39-42(25)9-6-34-27(44)19-2-1-5-33-19)13-40-7-3-30(4-8-40)15-41(29(45)47-30)20-12-35-28-26(36-20)37-21(43)14-46-28/h12,16,19,33H,1-11,13-15H2,(H,34,44)(H,36,37,43). The third-order valence-electron chi connectivity index (χ3n) is 9.89. The molecule has 15 nitrogen and oxygen atoms in total. The Bertz CT molecular complexity index is 1770. The number of carbonyl (C=O) groups is 3. The minimum atomic E-state index is -0.690. The highest BCUT2D eigenvalue weighted by Crippen LogP contribution is 2.39. The number of ether oxygens (including phenoxy) is 2. The number of rotatable bonds is 7. The number of aromatic nitrogens is 5. The fourth-order valence-corrected chi connectivity index (χ4v) is 7.46. The van der Waals surface area contributed by atoms with Crippen LogP contribution in [0.25, 0.3) is 11.0 Å². The lowest BCUT2D eigenvalue weighted by molar-refractivity contribution is -0.122. The molecule has 1 spiro atoms. The van der Waals surface area contributed by atoms with E-state index in [4.69, 9.17) is 9.47 Å². The predicted octanol–water partition coefficient (Wildman–Crippen LogP) is 0.905. The highest BCUT2D eigenvalue weighted by molar-refractivity contribution is 5.95. The molecule has 0 bridgehead atoms. The molecular weight excluding hydrogens is 618 g/mol. The van der Waals surface area contributed by atoms with E-state index in [-0.39, 0.29) is 72.0 Å². The number of amides is 3. The quantitative estimate of drug-likeness (QED) is 0.332. The second-order valence-electron chi connectivity index (χ2n) is 13.0. The molecule has 2 aromatic heterocycles. The Morgan fingerprint density at radius 1 is 1.15 bits per heavy atom. The van der Waals surface area contributed by atoms with Crippen LogP contribution in [0.3, 0.4) is 0 Å². The summed E-state index contributed by atoms with van der Waals surface area (Å²) in [6, 6.07) is -0.220. The Balaban J connectivity index is 0.885. The van der Waals surface area contributed by atoms with Crippen molar-refractivity contribution < 1.29 is 32.6 Å². The van der Waals surface area contributed by atoms with Gasteiger partial charge in [0.05, 0.1) is 25.3 Å². The second-order valence-corrected chi connectivity index (χ2v) is 13.0. The highest BCUT2D eigenvalue weighted by Gasteiger charge is 2.48. The van der Waals surface area contributed by atoms with Crippen LogP contribution in [0.5, 0.6) is 5.88 Å². The molecule has 248 valence electrons. The average molecular weight is 653 g/mol. The lowest BCUT2D eigenvalue weighted by atomic mass is 9.90. The summed E-state index contributed by atoms with van der Waals surface area (Å²) in [5.41, 5.74) is -0.0269. The second kappa shape index (κ2) is 11.6. The van der Waals surface area contributed by atoms with Crippen LogP contribution in [-0.4, -0.2) is 105 Å². The number of nitrogens with one attached hydrogen (secondary N) is 3. The van der Waals surface area contributed by atoms with E-state index in [0.717, 1.165) is 19.4 Å². The summed E-state index contributed by atoms with van der Waals surface area (Å²) >= 11 is 0. The van der Waals surface area contributed by atoms with Gasteiger partial charge in [-0.2, -0.15) is 0 Å². The van der Waals surface area contributed by atoms with Crippen molar-refractivity contribution in [3.63, 3.8) is 0 Å². The number of fused-ring (bicyclic) bond motifs is 3. The van der Waals surface area contributed by atoms with E-state index in [1.54, 1.807) is 0 Å². The topological polar surface area (TPSA) is 169 Å². The van der Waals surface area contributed by atoms with E-state index < -0.39 is 23.3 Å². The Morgan fingerprint density at radius 2 is 1.96 bits per heavy atom. The van der Waals surface area contributed by atoms with Crippen molar-refractivity contribution in [1.82, 2.24) is 40.5 Å². The van der Waals surface area contributed by atoms with Crippen LogP contribution in [0.4, 0.5) is 25.2 Å². The zero-order valence-corrected chi connectivity index (χ0v) is 25.6. The van der Waals surface area contributed by atoms with Crippen molar-refractivity contribution in [3.05, 3.63) is 29.0 Å². The molecule has 17 heteroatoms. The van der Waals surface area contributed by atoms with E-state index in [9.17, 15) is 14.4 Å². The molecule has 4 aliphatic heterocycles. The zero-order chi connectivity index (χ0) is 32.3. The van der Waals surface area contributed by atoms with Gasteiger partial charge < -0.3 is 30.3 Å². The molecule has 47 heavy (non-hydrogen) atoms. The monoisotopic (exact) mass is 652 g/mol. The summed E-state index contributed by atoms with van der Waals surface area (Å²) in [5.74, 6) is -0.849. The van der Waals surface area contributed by atoms with Gasteiger partial charge in [-0.05, 0) is 49.3 Å². The number of anilines is 2.